The maximum Gasteiger partial charge on any atom is 0.278 e. The molecule has 0 saturated heterocycles. The molecule has 6 rings (SSSR count). The van der Waals surface area contributed by atoms with Gasteiger partial charge in [0.1, 0.15) is 0 Å². The van der Waals surface area contributed by atoms with Gasteiger partial charge in [0.25, 0.3) is 11.5 Å². The Labute approximate surface area is 168 Å². The largest absolute Gasteiger partial charge is 0.368 e. The Kier molecular flexibility index (Phi) is 3.66. The van der Waals surface area contributed by atoms with E-state index in [2.05, 4.69) is 44.2 Å². The number of hydrogen-bond donors (Lipinski definition) is 0. The first-order chi connectivity index (χ1) is 14.3. The molecule has 3 heterocycles. The molecule has 3 aromatic rings. The molecule has 0 amide bonds. The van der Waals surface area contributed by atoms with Gasteiger partial charge in [-0.25, -0.2) is 9.97 Å². The predicted molar refractivity (Wildman–Crippen MR) is 112 cm³/mol. The van der Waals surface area contributed by atoms with Gasteiger partial charge < -0.3 is 4.90 Å². The number of nitrogens with zero attached hydrogens (tertiary/aromatic N) is 5. The molecule has 0 atom stereocenters. The van der Waals surface area contributed by atoms with Crippen LogP contribution in [0.2, 0.25) is 0 Å². The maximum atomic E-state index is 13.0. The molecule has 1 aliphatic heterocycles. The second-order valence-corrected chi connectivity index (χ2v) is 7.99. The Morgan fingerprint density at radius 1 is 0.966 bits per heavy atom. The number of anilines is 1. The van der Waals surface area contributed by atoms with Crippen molar-refractivity contribution in [3.05, 3.63) is 75.5 Å². The molecule has 144 valence electrons. The zero-order valence-corrected chi connectivity index (χ0v) is 16.1. The van der Waals surface area contributed by atoms with Gasteiger partial charge in [-0.2, -0.15) is 9.78 Å². The summed E-state index contributed by atoms with van der Waals surface area (Å²) in [5, 5.41) is 4.33. The van der Waals surface area contributed by atoms with Crippen molar-refractivity contribution >= 4 is 17.3 Å². The lowest BCUT2D eigenvalue weighted by molar-refractivity contribution is 0.730. The highest BCUT2D eigenvalue weighted by Gasteiger charge is 2.34. The van der Waals surface area contributed by atoms with E-state index in [0.29, 0.717) is 12.4 Å². The van der Waals surface area contributed by atoms with E-state index in [1.54, 1.807) is 24.7 Å². The third-order valence-electron chi connectivity index (χ3n) is 6.22. The number of allylic oxidation sites excluding steroid dienone is 1. The molecule has 6 heteroatoms. The molecule has 2 aromatic heterocycles. The number of rotatable bonds is 3. The van der Waals surface area contributed by atoms with Crippen LogP contribution in [0, 0.1) is 0 Å². The van der Waals surface area contributed by atoms with Crippen molar-refractivity contribution in [3.63, 3.8) is 0 Å². The molecular weight excluding hydrogens is 362 g/mol. The van der Waals surface area contributed by atoms with E-state index in [0.717, 1.165) is 36.6 Å². The monoisotopic (exact) mass is 383 g/mol. The standard InChI is InChI=1S/C23H21N5O/c29-22-19-8-5-15(13-16(19)14-26-28(22)23-24-10-2-11-25-23)18-3-1-4-21-20(18)9-12-27(21)17-6-7-17/h1-4,10-11,13-14,17H,5-9,12H2. The van der Waals surface area contributed by atoms with Crippen LogP contribution in [0.4, 0.5) is 5.69 Å². The number of aromatic nitrogens is 4. The van der Waals surface area contributed by atoms with Gasteiger partial charge in [0.15, 0.2) is 0 Å². The van der Waals surface area contributed by atoms with Gasteiger partial charge >= 0.3 is 0 Å². The minimum Gasteiger partial charge on any atom is -0.368 e. The molecule has 1 fully saturated rings. The van der Waals surface area contributed by atoms with Gasteiger partial charge in [0, 0.05) is 41.8 Å². The van der Waals surface area contributed by atoms with Crippen molar-refractivity contribution in [3.8, 4) is 5.95 Å². The number of hydrogen-bond acceptors (Lipinski definition) is 5. The van der Waals surface area contributed by atoms with Crippen LogP contribution in [0.15, 0.2) is 47.7 Å². The third kappa shape index (κ3) is 2.70. The molecule has 0 radical (unpaired) electrons. The van der Waals surface area contributed by atoms with Crippen LogP contribution in [0.1, 0.15) is 41.5 Å². The first-order valence-electron chi connectivity index (χ1n) is 10.3. The van der Waals surface area contributed by atoms with E-state index in [1.165, 1.54) is 39.9 Å². The Morgan fingerprint density at radius 3 is 2.66 bits per heavy atom. The van der Waals surface area contributed by atoms with E-state index < -0.39 is 0 Å². The van der Waals surface area contributed by atoms with Gasteiger partial charge in [-0.15, -0.1) is 0 Å². The molecule has 1 saturated carbocycles. The normalized spacial score (nSPS) is 17.7. The van der Waals surface area contributed by atoms with Crippen LogP contribution in [-0.4, -0.2) is 32.3 Å². The molecule has 0 unspecified atom stereocenters. The van der Waals surface area contributed by atoms with Crippen LogP contribution in [0.3, 0.4) is 0 Å². The summed E-state index contributed by atoms with van der Waals surface area (Å²) in [4.78, 5) is 23.8. The van der Waals surface area contributed by atoms with Gasteiger partial charge in [-0.05, 0) is 67.0 Å². The maximum absolute atomic E-state index is 13.0. The molecule has 1 aromatic carbocycles. The van der Waals surface area contributed by atoms with Crippen molar-refractivity contribution in [1.82, 2.24) is 19.7 Å². The highest BCUT2D eigenvalue weighted by atomic mass is 16.1. The summed E-state index contributed by atoms with van der Waals surface area (Å²) in [5.74, 6) is 0.316. The van der Waals surface area contributed by atoms with Gasteiger partial charge in [-0.1, -0.05) is 12.1 Å². The summed E-state index contributed by atoms with van der Waals surface area (Å²) >= 11 is 0. The summed E-state index contributed by atoms with van der Waals surface area (Å²) in [6.45, 7) is 1.13. The quantitative estimate of drug-likeness (QED) is 0.696. The van der Waals surface area contributed by atoms with Crippen LogP contribution < -0.4 is 10.5 Å². The molecular formula is C23H21N5O. The van der Waals surface area contributed by atoms with Crippen molar-refractivity contribution in [2.45, 2.75) is 38.1 Å². The van der Waals surface area contributed by atoms with Crippen molar-refractivity contribution in [2.24, 2.45) is 0 Å². The highest BCUT2D eigenvalue weighted by molar-refractivity contribution is 5.87. The predicted octanol–water partition coefficient (Wildman–Crippen LogP) is 3.03. The first kappa shape index (κ1) is 16.7. The molecule has 6 nitrogen and oxygen atoms in total. The van der Waals surface area contributed by atoms with Crippen molar-refractivity contribution in [2.75, 3.05) is 11.4 Å². The van der Waals surface area contributed by atoms with E-state index in [4.69, 9.17) is 0 Å². The average Bonchev–Trinajstić information content (AvgIpc) is 3.52. The van der Waals surface area contributed by atoms with E-state index >= 15 is 0 Å². The molecule has 0 spiro atoms. The zero-order valence-electron chi connectivity index (χ0n) is 16.1. The lowest BCUT2D eigenvalue weighted by Gasteiger charge is -2.21. The summed E-state index contributed by atoms with van der Waals surface area (Å²) in [7, 11) is 0. The van der Waals surface area contributed by atoms with E-state index in [9.17, 15) is 4.79 Å². The van der Waals surface area contributed by atoms with Gasteiger partial charge in [0.2, 0.25) is 0 Å². The fraction of sp³-hybridized carbons (Fsp3) is 0.304. The second kappa shape index (κ2) is 6.37. The fourth-order valence-corrected chi connectivity index (χ4v) is 4.68. The zero-order chi connectivity index (χ0) is 19.4. The fourth-order valence-electron chi connectivity index (χ4n) is 4.68. The lowest BCUT2D eigenvalue weighted by atomic mass is 9.87. The smallest absolute Gasteiger partial charge is 0.278 e. The van der Waals surface area contributed by atoms with E-state index in [-0.39, 0.29) is 5.56 Å². The van der Waals surface area contributed by atoms with Crippen molar-refractivity contribution in [1.29, 1.82) is 0 Å². The van der Waals surface area contributed by atoms with E-state index in [1.807, 2.05) is 0 Å². The van der Waals surface area contributed by atoms with Crippen LogP contribution >= 0.6 is 0 Å². The molecule has 0 bridgehead atoms. The average molecular weight is 383 g/mol. The molecule has 3 aliphatic rings. The molecule has 2 aliphatic carbocycles. The van der Waals surface area contributed by atoms with Crippen molar-refractivity contribution < 1.29 is 0 Å². The Morgan fingerprint density at radius 2 is 1.83 bits per heavy atom. The number of fused-ring (bicyclic) bond motifs is 2. The molecule has 29 heavy (non-hydrogen) atoms. The summed E-state index contributed by atoms with van der Waals surface area (Å²) in [5.41, 5.74) is 7.11. The van der Waals surface area contributed by atoms with Gasteiger partial charge in [-0.3, -0.25) is 4.79 Å². The van der Waals surface area contributed by atoms with Gasteiger partial charge in [0.05, 0.1) is 6.20 Å². The Balaban J connectivity index is 1.40. The second-order valence-electron chi connectivity index (χ2n) is 7.99. The summed E-state index contributed by atoms with van der Waals surface area (Å²) < 4.78 is 1.30. The minimum absolute atomic E-state index is 0.123. The minimum atomic E-state index is -0.123. The number of benzene rings is 1. The summed E-state index contributed by atoms with van der Waals surface area (Å²) in [6.07, 6.45) is 12.5. The first-order valence-corrected chi connectivity index (χ1v) is 10.3. The van der Waals surface area contributed by atoms with Crippen LogP contribution in [0.5, 0.6) is 0 Å². The summed E-state index contributed by atoms with van der Waals surface area (Å²) in [6, 6.07) is 9.15. The topological polar surface area (TPSA) is 63.9 Å². The van der Waals surface area contributed by atoms with Crippen LogP contribution in [0.25, 0.3) is 17.6 Å². The highest BCUT2D eigenvalue weighted by Crippen LogP contribution is 2.42. The Hall–Kier alpha value is -3.28. The van der Waals surface area contributed by atoms with Crippen LogP contribution in [-0.2, 0) is 12.8 Å². The SMILES string of the molecule is O=c1c2c(cnn1-c1ncccn1)C=C(c1cccc3c1CCN3C1CC1)CC2. The lowest BCUT2D eigenvalue weighted by Crippen LogP contribution is -2.28. The third-order valence-corrected chi connectivity index (χ3v) is 6.22. The Bertz CT molecular complexity index is 1190. The molecule has 0 N–H and O–H groups in total.